The van der Waals surface area contributed by atoms with E-state index < -0.39 is 0 Å². The number of nitrogens with zero attached hydrogens (tertiary/aromatic N) is 2. The van der Waals surface area contributed by atoms with Gasteiger partial charge in [-0.1, -0.05) is 6.92 Å². The van der Waals surface area contributed by atoms with Gasteiger partial charge in [-0.15, -0.1) is 0 Å². The summed E-state index contributed by atoms with van der Waals surface area (Å²) in [5.74, 6) is 1.01. The minimum Gasteiger partial charge on any atom is -0.456 e. The van der Waals surface area contributed by atoms with Crippen LogP contribution in [0.4, 0.5) is 0 Å². The third-order valence-corrected chi connectivity index (χ3v) is 2.66. The third kappa shape index (κ3) is 3.00. The molecule has 1 amide bonds. The standard InChI is InChI=1S/C13H17N3O2/c1-3-11-4-5-12(18-11)13(17)15-10(2)8-16-7-6-14-9-16/h4-7,9-10H,3,8H2,1-2H3,(H,15,17)/t10-/m0/s1. The van der Waals surface area contributed by atoms with Crippen LogP contribution in [0.15, 0.2) is 35.3 Å². The summed E-state index contributed by atoms with van der Waals surface area (Å²) in [6.07, 6.45) is 6.10. The molecule has 0 spiro atoms. The zero-order chi connectivity index (χ0) is 13.0. The summed E-state index contributed by atoms with van der Waals surface area (Å²) in [7, 11) is 0. The highest BCUT2D eigenvalue weighted by atomic mass is 16.3. The average Bonchev–Trinajstić information content (AvgIpc) is 2.98. The molecule has 0 aliphatic rings. The van der Waals surface area contributed by atoms with Crippen molar-refractivity contribution in [2.75, 3.05) is 0 Å². The van der Waals surface area contributed by atoms with Crippen LogP contribution in [0.25, 0.3) is 0 Å². The fourth-order valence-corrected chi connectivity index (χ4v) is 1.74. The zero-order valence-corrected chi connectivity index (χ0v) is 10.6. The van der Waals surface area contributed by atoms with Crippen molar-refractivity contribution < 1.29 is 9.21 Å². The molecule has 1 atom stereocenters. The first-order chi connectivity index (χ1) is 8.69. The van der Waals surface area contributed by atoms with Gasteiger partial charge in [0.15, 0.2) is 5.76 Å². The molecule has 0 fully saturated rings. The van der Waals surface area contributed by atoms with Crippen molar-refractivity contribution in [3.63, 3.8) is 0 Å². The molecule has 2 rings (SSSR count). The van der Waals surface area contributed by atoms with Crippen LogP contribution in [-0.2, 0) is 13.0 Å². The number of aromatic nitrogens is 2. The van der Waals surface area contributed by atoms with E-state index in [1.54, 1.807) is 18.6 Å². The van der Waals surface area contributed by atoms with Crippen LogP contribution >= 0.6 is 0 Å². The summed E-state index contributed by atoms with van der Waals surface area (Å²) in [5.41, 5.74) is 0. The van der Waals surface area contributed by atoms with Crippen molar-refractivity contribution >= 4 is 5.91 Å². The Kier molecular flexibility index (Phi) is 3.82. The molecule has 18 heavy (non-hydrogen) atoms. The van der Waals surface area contributed by atoms with Crippen molar-refractivity contribution in [3.8, 4) is 0 Å². The van der Waals surface area contributed by atoms with Crippen molar-refractivity contribution in [2.45, 2.75) is 32.9 Å². The zero-order valence-electron chi connectivity index (χ0n) is 10.6. The Morgan fingerprint density at radius 1 is 1.56 bits per heavy atom. The molecule has 0 unspecified atom stereocenters. The van der Waals surface area contributed by atoms with E-state index in [2.05, 4.69) is 10.3 Å². The second kappa shape index (κ2) is 5.53. The van der Waals surface area contributed by atoms with Gasteiger partial charge in [0.25, 0.3) is 5.91 Å². The maximum Gasteiger partial charge on any atom is 0.287 e. The lowest BCUT2D eigenvalue weighted by atomic mass is 10.3. The topological polar surface area (TPSA) is 60.1 Å². The fourth-order valence-electron chi connectivity index (χ4n) is 1.74. The highest BCUT2D eigenvalue weighted by Crippen LogP contribution is 2.08. The second-order valence-electron chi connectivity index (χ2n) is 4.25. The third-order valence-electron chi connectivity index (χ3n) is 2.66. The van der Waals surface area contributed by atoms with E-state index in [9.17, 15) is 4.79 Å². The van der Waals surface area contributed by atoms with Crippen LogP contribution in [0, 0.1) is 0 Å². The Bertz CT molecular complexity index is 502. The minimum absolute atomic E-state index is 0.0156. The molecule has 96 valence electrons. The lowest BCUT2D eigenvalue weighted by Gasteiger charge is -2.13. The van der Waals surface area contributed by atoms with Gasteiger partial charge in [0.2, 0.25) is 0 Å². The minimum atomic E-state index is -0.178. The predicted octanol–water partition coefficient (Wildman–Crippen LogP) is 1.86. The number of furan rings is 1. The molecule has 2 heterocycles. The first-order valence-electron chi connectivity index (χ1n) is 6.04. The van der Waals surface area contributed by atoms with Crippen LogP contribution in [0.5, 0.6) is 0 Å². The summed E-state index contributed by atoms with van der Waals surface area (Å²) in [6.45, 7) is 4.62. The molecule has 5 nitrogen and oxygen atoms in total. The van der Waals surface area contributed by atoms with Crippen molar-refractivity contribution in [1.82, 2.24) is 14.9 Å². The molecule has 5 heteroatoms. The maximum absolute atomic E-state index is 11.9. The van der Waals surface area contributed by atoms with Crippen molar-refractivity contribution in [2.24, 2.45) is 0 Å². The Morgan fingerprint density at radius 2 is 2.39 bits per heavy atom. The van der Waals surface area contributed by atoms with Crippen LogP contribution < -0.4 is 5.32 Å². The first kappa shape index (κ1) is 12.4. The van der Waals surface area contributed by atoms with Crippen LogP contribution in [0.3, 0.4) is 0 Å². The van der Waals surface area contributed by atoms with Gasteiger partial charge in [0, 0.05) is 31.4 Å². The van der Waals surface area contributed by atoms with E-state index in [-0.39, 0.29) is 11.9 Å². The second-order valence-corrected chi connectivity index (χ2v) is 4.25. The molecular weight excluding hydrogens is 230 g/mol. The summed E-state index contributed by atoms with van der Waals surface area (Å²) in [4.78, 5) is 15.8. The molecule has 0 bridgehead atoms. The quantitative estimate of drug-likeness (QED) is 0.877. The average molecular weight is 247 g/mol. The highest BCUT2D eigenvalue weighted by molar-refractivity contribution is 5.91. The van der Waals surface area contributed by atoms with Gasteiger partial charge in [-0.3, -0.25) is 4.79 Å². The molecule has 0 aliphatic heterocycles. The Morgan fingerprint density at radius 3 is 3.00 bits per heavy atom. The molecular formula is C13H17N3O2. The number of nitrogens with one attached hydrogen (secondary N) is 1. The number of rotatable bonds is 5. The molecule has 0 saturated carbocycles. The van der Waals surface area contributed by atoms with Crippen LogP contribution in [0.2, 0.25) is 0 Å². The fraction of sp³-hybridized carbons (Fsp3) is 0.385. The van der Waals surface area contributed by atoms with E-state index in [1.165, 1.54) is 0 Å². The number of imidazole rings is 1. The smallest absolute Gasteiger partial charge is 0.287 e. The summed E-state index contributed by atoms with van der Waals surface area (Å²) < 4.78 is 7.32. The molecule has 0 aromatic carbocycles. The SMILES string of the molecule is CCc1ccc(C(=O)N[C@@H](C)Cn2ccnc2)o1. The number of hydrogen-bond acceptors (Lipinski definition) is 3. The van der Waals surface area contributed by atoms with E-state index in [0.717, 1.165) is 12.2 Å². The van der Waals surface area contributed by atoms with Gasteiger partial charge in [0.1, 0.15) is 5.76 Å². The van der Waals surface area contributed by atoms with Gasteiger partial charge in [-0.25, -0.2) is 4.98 Å². The van der Waals surface area contributed by atoms with Gasteiger partial charge in [0.05, 0.1) is 6.33 Å². The van der Waals surface area contributed by atoms with Crippen LogP contribution in [-0.4, -0.2) is 21.5 Å². The lowest BCUT2D eigenvalue weighted by molar-refractivity contribution is 0.0907. The van der Waals surface area contributed by atoms with Gasteiger partial charge >= 0.3 is 0 Å². The van der Waals surface area contributed by atoms with Crippen molar-refractivity contribution in [1.29, 1.82) is 0 Å². The monoisotopic (exact) mass is 247 g/mol. The molecule has 0 radical (unpaired) electrons. The van der Waals surface area contributed by atoms with Crippen LogP contribution in [0.1, 0.15) is 30.2 Å². The number of carbonyl (C=O) groups excluding carboxylic acids is 1. The normalized spacial score (nSPS) is 12.3. The number of hydrogen-bond donors (Lipinski definition) is 1. The lowest BCUT2D eigenvalue weighted by Crippen LogP contribution is -2.35. The van der Waals surface area contributed by atoms with Gasteiger partial charge in [-0.05, 0) is 19.1 Å². The van der Waals surface area contributed by atoms with E-state index in [1.807, 2.05) is 30.7 Å². The van der Waals surface area contributed by atoms with E-state index in [0.29, 0.717) is 12.3 Å². The molecule has 0 saturated heterocycles. The molecule has 0 aliphatic carbocycles. The van der Waals surface area contributed by atoms with Crippen molar-refractivity contribution in [3.05, 3.63) is 42.4 Å². The largest absolute Gasteiger partial charge is 0.456 e. The number of aryl methyl sites for hydroxylation is 1. The van der Waals surface area contributed by atoms with E-state index in [4.69, 9.17) is 4.42 Å². The molecule has 1 N–H and O–H groups in total. The summed E-state index contributed by atoms with van der Waals surface area (Å²) in [6, 6.07) is 3.55. The van der Waals surface area contributed by atoms with E-state index >= 15 is 0 Å². The Hall–Kier alpha value is -2.04. The summed E-state index contributed by atoms with van der Waals surface area (Å²) >= 11 is 0. The predicted molar refractivity (Wildman–Crippen MR) is 67.2 cm³/mol. The first-order valence-corrected chi connectivity index (χ1v) is 6.04. The number of carbonyl (C=O) groups is 1. The Labute approximate surface area is 106 Å². The summed E-state index contributed by atoms with van der Waals surface area (Å²) in [5, 5.41) is 2.89. The van der Waals surface area contributed by atoms with Gasteiger partial charge < -0.3 is 14.3 Å². The Balaban J connectivity index is 1.90. The highest BCUT2D eigenvalue weighted by Gasteiger charge is 2.13. The number of amides is 1. The maximum atomic E-state index is 11.9. The molecule has 2 aromatic heterocycles. The van der Waals surface area contributed by atoms with Gasteiger partial charge in [-0.2, -0.15) is 0 Å². The molecule has 2 aromatic rings.